The smallest absolute Gasteiger partial charge is 0.310 e. The molecule has 7 nitrogen and oxygen atoms in total. The number of benzene rings is 1. The molecule has 0 spiro atoms. The molecule has 2 aliphatic heterocycles. The summed E-state index contributed by atoms with van der Waals surface area (Å²) in [4.78, 5) is 27.4. The molecule has 2 saturated heterocycles. The Morgan fingerprint density at radius 3 is 2.72 bits per heavy atom. The third-order valence-corrected chi connectivity index (χ3v) is 5.04. The van der Waals surface area contributed by atoms with Crippen LogP contribution in [0.2, 0.25) is 0 Å². The zero-order valence-corrected chi connectivity index (χ0v) is 14.4. The van der Waals surface area contributed by atoms with Crippen LogP contribution < -0.4 is 4.74 Å². The van der Waals surface area contributed by atoms with Crippen molar-refractivity contribution in [2.75, 3.05) is 32.8 Å². The fourth-order valence-corrected chi connectivity index (χ4v) is 3.72. The summed E-state index contributed by atoms with van der Waals surface area (Å²) in [6.45, 7) is 4.05. The summed E-state index contributed by atoms with van der Waals surface area (Å²) < 4.78 is 5.49. The van der Waals surface area contributed by atoms with Crippen LogP contribution in [0.25, 0.3) is 0 Å². The van der Waals surface area contributed by atoms with Gasteiger partial charge < -0.3 is 9.64 Å². The number of nitro groups is 1. The molecule has 1 amide bonds. The van der Waals surface area contributed by atoms with E-state index in [1.807, 2.05) is 4.90 Å². The van der Waals surface area contributed by atoms with E-state index < -0.39 is 4.92 Å². The van der Waals surface area contributed by atoms with Gasteiger partial charge in [0.15, 0.2) is 5.75 Å². The van der Waals surface area contributed by atoms with E-state index in [1.165, 1.54) is 18.9 Å². The first-order valence-corrected chi connectivity index (χ1v) is 9.03. The van der Waals surface area contributed by atoms with E-state index in [-0.39, 0.29) is 30.4 Å². The van der Waals surface area contributed by atoms with Gasteiger partial charge in [0.05, 0.1) is 18.0 Å². The van der Waals surface area contributed by atoms with Crippen molar-refractivity contribution in [3.63, 3.8) is 0 Å². The predicted molar refractivity (Wildman–Crippen MR) is 93.6 cm³/mol. The van der Waals surface area contributed by atoms with E-state index in [2.05, 4.69) is 4.90 Å². The topological polar surface area (TPSA) is 75.9 Å². The summed E-state index contributed by atoms with van der Waals surface area (Å²) in [5, 5.41) is 11.0. The molecule has 1 aromatic rings. The molecule has 0 bridgehead atoms. The third-order valence-electron chi connectivity index (χ3n) is 5.04. The maximum atomic E-state index is 12.5. The molecular weight excluding hydrogens is 322 g/mol. The van der Waals surface area contributed by atoms with Crippen molar-refractivity contribution in [2.24, 2.45) is 0 Å². The van der Waals surface area contributed by atoms with E-state index in [9.17, 15) is 14.9 Å². The number of rotatable bonds is 6. The molecule has 2 heterocycles. The van der Waals surface area contributed by atoms with E-state index in [0.29, 0.717) is 6.04 Å². The highest BCUT2D eigenvalue weighted by atomic mass is 16.6. The van der Waals surface area contributed by atoms with Crippen LogP contribution in [-0.2, 0) is 4.79 Å². The van der Waals surface area contributed by atoms with Gasteiger partial charge >= 0.3 is 5.69 Å². The summed E-state index contributed by atoms with van der Waals surface area (Å²) in [6, 6.07) is 6.74. The van der Waals surface area contributed by atoms with Gasteiger partial charge in [-0.25, -0.2) is 0 Å². The number of carbonyl (C=O) groups is 1. The highest BCUT2D eigenvalue weighted by molar-refractivity contribution is 5.76. The third kappa shape index (κ3) is 4.48. The number of nitrogens with zero attached hydrogens (tertiary/aromatic N) is 3. The van der Waals surface area contributed by atoms with Crippen LogP contribution in [0, 0.1) is 10.1 Å². The summed E-state index contributed by atoms with van der Waals surface area (Å²) in [5.74, 6) is 0.288. The standard InChI is InChI=1S/C18H25N3O4/c22-18(9-13-25-17-8-2-1-7-16(17)21(23)24)20-12-5-6-15(14-20)19-10-3-4-11-19/h1-2,7-8,15H,3-6,9-14H2/t15-/m0/s1. The summed E-state index contributed by atoms with van der Waals surface area (Å²) >= 11 is 0. The van der Waals surface area contributed by atoms with Crippen LogP contribution >= 0.6 is 0 Å². The van der Waals surface area contributed by atoms with Crippen molar-refractivity contribution < 1.29 is 14.5 Å². The van der Waals surface area contributed by atoms with Crippen LogP contribution in [-0.4, -0.2) is 59.5 Å². The van der Waals surface area contributed by atoms with Gasteiger partial charge in [0.25, 0.3) is 0 Å². The Bertz CT molecular complexity index is 616. The zero-order chi connectivity index (χ0) is 17.6. The number of carbonyl (C=O) groups excluding carboxylic acids is 1. The van der Waals surface area contributed by atoms with Gasteiger partial charge in [0.2, 0.25) is 5.91 Å². The second kappa shape index (κ2) is 8.29. The monoisotopic (exact) mass is 347 g/mol. The number of hydrogen-bond donors (Lipinski definition) is 0. The van der Waals surface area contributed by atoms with E-state index in [1.54, 1.807) is 18.2 Å². The van der Waals surface area contributed by atoms with Crippen LogP contribution in [0.3, 0.4) is 0 Å². The number of hydrogen-bond acceptors (Lipinski definition) is 5. The van der Waals surface area contributed by atoms with E-state index >= 15 is 0 Å². The van der Waals surface area contributed by atoms with E-state index in [4.69, 9.17) is 4.74 Å². The molecule has 0 aliphatic carbocycles. The first-order valence-electron chi connectivity index (χ1n) is 9.03. The minimum absolute atomic E-state index is 0.0676. The lowest BCUT2D eigenvalue weighted by Crippen LogP contribution is -2.49. The van der Waals surface area contributed by atoms with E-state index in [0.717, 1.165) is 39.0 Å². The molecule has 0 unspecified atom stereocenters. The van der Waals surface area contributed by atoms with Crippen molar-refractivity contribution in [2.45, 2.75) is 38.1 Å². The molecule has 2 fully saturated rings. The van der Waals surface area contributed by atoms with Gasteiger partial charge in [-0.05, 0) is 44.8 Å². The van der Waals surface area contributed by atoms with Crippen LogP contribution in [0.1, 0.15) is 32.1 Å². The van der Waals surface area contributed by atoms with Gasteiger partial charge in [-0.3, -0.25) is 19.8 Å². The Morgan fingerprint density at radius 2 is 1.96 bits per heavy atom. The van der Waals surface area contributed by atoms with Gasteiger partial charge in [0.1, 0.15) is 0 Å². The summed E-state index contributed by atoms with van der Waals surface area (Å²) in [7, 11) is 0. The number of para-hydroxylation sites is 2. The van der Waals surface area contributed by atoms with Crippen LogP contribution in [0.5, 0.6) is 5.75 Å². The average molecular weight is 347 g/mol. The Balaban J connectivity index is 1.48. The van der Waals surface area contributed by atoms with Gasteiger partial charge in [-0.2, -0.15) is 0 Å². The number of nitro benzene ring substituents is 1. The fourth-order valence-electron chi connectivity index (χ4n) is 3.72. The number of amides is 1. The molecule has 1 atom stereocenters. The quantitative estimate of drug-likeness (QED) is 0.584. The molecule has 3 rings (SSSR count). The molecule has 2 aliphatic rings. The minimum atomic E-state index is -0.470. The van der Waals surface area contributed by atoms with Gasteiger partial charge in [0, 0.05) is 25.2 Å². The Kier molecular flexibility index (Phi) is 5.86. The second-order valence-electron chi connectivity index (χ2n) is 6.70. The number of ether oxygens (including phenoxy) is 1. The second-order valence-corrected chi connectivity index (χ2v) is 6.70. The Morgan fingerprint density at radius 1 is 1.20 bits per heavy atom. The molecule has 25 heavy (non-hydrogen) atoms. The number of likely N-dealkylation sites (tertiary alicyclic amines) is 2. The lowest BCUT2D eigenvalue weighted by molar-refractivity contribution is -0.385. The molecule has 136 valence electrons. The molecule has 0 saturated carbocycles. The van der Waals surface area contributed by atoms with Crippen molar-refractivity contribution in [3.05, 3.63) is 34.4 Å². The lowest BCUT2D eigenvalue weighted by Gasteiger charge is -2.37. The molecule has 0 N–H and O–H groups in total. The van der Waals surface area contributed by atoms with Crippen LogP contribution in [0.4, 0.5) is 5.69 Å². The molecule has 7 heteroatoms. The van der Waals surface area contributed by atoms with Crippen molar-refractivity contribution >= 4 is 11.6 Å². The SMILES string of the molecule is O=C(CCOc1ccccc1[N+](=O)[O-])N1CCC[C@H](N2CCCC2)C1. The molecular formula is C18H25N3O4. The summed E-state index contributed by atoms with van der Waals surface area (Å²) in [6.07, 6.45) is 4.97. The average Bonchev–Trinajstić information content (AvgIpc) is 3.17. The van der Waals surface area contributed by atoms with Crippen molar-refractivity contribution in [3.8, 4) is 5.75 Å². The molecule has 0 radical (unpaired) electrons. The Labute approximate surface area is 147 Å². The first-order chi connectivity index (χ1) is 12.1. The van der Waals surface area contributed by atoms with Gasteiger partial charge in [-0.1, -0.05) is 12.1 Å². The molecule has 0 aromatic heterocycles. The largest absolute Gasteiger partial charge is 0.486 e. The zero-order valence-electron chi connectivity index (χ0n) is 14.4. The van der Waals surface area contributed by atoms with Gasteiger partial charge in [-0.15, -0.1) is 0 Å². The molecule has 1 aromatic carbocycles. The summed E-state index contributed by atoms with van der Waals surface area (Å²) in [5.41, 5.74) is -0.0676. The van der Waals surface area contributed by atoms with Crippen LogP contribution in [0.15, 0.2) is 24.3 Å². The lowest BCUT2D eigenvalue weighted by atomic mass is 10.0. The van der Waals surface area contributed by atoms with Crippen molar-refractivity contribution in [1.82, 2.24) is 9.80 Å². The first kappa shape index (κ1) is 17.7. The normalized spacial score (nSPS) is 21.3. The van der Waals surface area contributed by atoms with Crippen molar-refractivity contribution in [1.29, 1.82) is 0 Å². The highest BCUT2D eigenvalue weighted by Crippen LogP contribution is 2.26. The highest BCUT2D eigenvalue weighted by Gasteiger charge is 2.29. The predicted octanol–water partition coefficient (Wildman–Crippen LogP) is 2.45. The maximum Gasteiger partial charge on any atom is 0.310 e. The maximum absolute atomic E-state index is 12.5. The Hall–Kier alpha value is -2.15. The number of piperidine rings is 1. The fraction of sp³-hybridized carbons (Fsp3) is 0.611. The minimum Gasteiger partial charge on any atom is -0.486 e.